The molecule has 0 spiro atoms. The Bertz CT molecular complexity index is 1110. The Hall–Kier alpha value is -4.07. The second-order valence-electron chi connectivity index (χ2n) is 8.85. The third kappa shape index (κ3) is 8.01. The first-order valence-corrected chi connectivity index (χ1v) is 11.9. The van der Waals surface area contributed by atoms with Crippen molar-refractivity contribution in [1.29, 1.82) is 0 Å². The summed E-state index contributed by atoms with van der Waals surface area (Å²) in [6, 6.07) is 12.7. The monoisotopic (exact) mass is 492 g/mol. The van der Waals surface area contributed by atoms with Gasteiger partial charge in [0.2, 0.25) is 0 Å². The van der Waals surface area contributed by atoms with Crippen LogP contribution in [-0.4, -0.2) is 37.2 Å². The van der Waals surface area contributed by atoms with Crippen LogP contribution < -0.4 is 11.5 Å². The minimum Gasteiger partial charge on any atom is -0.459 e. The van der Waals surface area contributed by atoms with Crippen molar-refractivity contribution in [3.63, 3.8) is 0 Å². The summed E-state index contributed by atoms with van der Waals surface area (Å²) in [6.07, 6.45) is 6.26. The Morgan fingerprint density at radius 2 is 1.56 bits per heavy atom. The highest BCUT2D eigenvalue weighted by Gasteiger charge is 2.25. The zero-order chi connectivity index (χ0) is 26.1. The largest absolute Gasteiger partial charge is 0.459 e. The second kappa shape index (κ2) is 12.6. The Labute approximate surface area is 210 Å². The fourth-order valence-electron chi connectivity index (χ4n) is 4.02. The number of nitrogens with two attached hydrogens (primary N) is 2. The van der Waals surface area contributed by atoms with Gasteiger partial charge < -0.3 is 25.7 Å². The summed E-state index contributed by atoms with van der Waals surface area (Å²) in [6.45, 7) is 4.99. The molecule has 8 nitrogen and oxygen atoms in total. The van der Waals surface area contributed by atoms with E-state index in [1.807, 2.05) is 12.1 Å². The van der Waals surface area contributed by atoms with Crippen molar-refractivity contribution in [2.24, 2.45) is 0 Å². The van der Waals surface area contributed by atoms with E-state index >= 15 is 0 Å². The predicted molar refractivity (Wildman–Crippen MR) is 138 cm³/mol. The summed E-state index contributed by atoms with van der Waals surface area (Å²) in [5.41, 5.74) is 15.1. The number of esters is 3. The molecule has 0 unspecified atom stereocenters. The lowest BCUT2D eigenvalue weighted by molar-refractivity contribution is -0.146. The third-order valence-electron chi connectivity index (χ3n) is 5.89. The molecule has 1 aliphatic rings. The van der Waals surface area contributed by atoms with E-state index in [0.29, 0.717) is 28.4 Å². The number of anilines is 2. The molecule has 0 saturated heterocycles. The minimum absolute atomic E-state index is 0.0169. The van der Waals surface area contributed by atoms with Crippen LogP contribution in [0.2, 0.25) is 0 Å². The highest BCUT2D eigenvalue weighted by Crippen LogP contribution is 2.34. The Kier molecular flexibility index (Phi) is 9.27. The maximum Gasteiger partial charge on any atom is 0.338 e. The molecule has 0 bridgehead atoms. The predicted octanol–water partition coefficient (Wildman–Crippen LogP) is 4.41. The van der Waals surface area contributed by atoms with Crippen molar-refractivity contribution in [1.82, 2.24) is 0 Å². The van der Waals surface area contributed by atoms with Crippen LogP contribution in [0.1, 0.15) is 60.0 Å². The average molecular weight is 493 g/mol. The normalized spacial score (nSPS) is 17.4. The fourth-order valence-corrected chi connectivity index (χ4v) is 4.02. The summed E-state index contributed by atoms with van der Waals surface area (Å²) in [4.78, 5) is 35.5. The second-order valence-corrected chi connectivity index (χ2v) is 8.85. The SMILES string of the molecule is C=C(C)C(=O)OCCOC(=O)/C=C/c1ccc(C2CCC(OC(=O)c3cc(N)cc(N)c3)CC2)cc1. The van der Waals surface area contributed by atoms with E-state index in [2.05, 4.69) is 18.7 Å². The van der Waals surface area contributed by atoms with Gasteiger partial charge in [-0.05, 0) is 73.9 Å². The van der Waals surface area contributed by atoms with Gasteiger partial charge in [0.05, 0.1) is 5.56 Å². The summed E-state index contributed by atoms with van der Waals surface area (Å²) in [7, 11) is 0. The first-order valence-electron chi connectivity index (χ1n) is 11.9. The van der Waals surface area contributed by atoms with Gasteiger partial charge in [0, 0.05) is 23.0 Å². The standard InChI is InChI=1S/C28H32N2O6/c1-18(2)27(32)35-14-13-34-26(31)12-5-19-3-6-20(7-4-19)21-8-10-25(11-9-21)36-28(33)22-15-23(29)17-24(30)16-22/h3-7,12,15-17,21,25H,1,8-11,13-14,29-30H2,2H3/b12-5+. The molecule has 4 N–H and O–H groups in total. The molecule has 2 aromatic rings. The lowest BCUT2D eigenvalue weighted by Crippen LogP contribution is -2.24. The van der Waals surface area contributed by atoms with E-state index < -0.39 is 17.9 Å². The molecule has 8 heteroatoms. The lowest BCUT2D eigenvalue weighted by atomic mass is 9.82. The maximum absolute atomic E-state index is 12.4. The highest BCUT2D eigenvalue weighted by molar-refractivity contribution is 5.92. The zero-order valence-electron chi connectivity index (χ0n) is 20.4. The smallest absolute Gasteiger partial charge is 0.338 e. The molecule has 0 heterocycles. The van der Waals surface area contributed by atoms with Gasteiger partial charge in [0.15, 0.2) is 0 Å². The minimum atomic E-state index is -0.515. The lowest BCUT2D eigenvalue weighted by Gasteiger charge is -2.28. The van der Waals surface area contributed by atoms with Crippen LogP contribution in [0.5, 0.6) is 0 Å². The van der Waals surface area contributed by atoms with E-state index in [1.54, 1.807) is 31.2 Å². The molecule has 0 atom stereocenters. The summed E-state index contributed by atoms with van der Waals surface area (Å²) in [5, 5.41) is 0. The summed E-state index contributed by atoms with van der Waals surface area (Å²) in [5.74, 6) is -1.05. The molecule has 3 rings (SSSR count). The van der Waals surface area contributed by atoms with Gasteiger partial charge in [-0.1, -0.05) is 30.8 Å². The molecular weight excluding hydrogens is 460 g/mol. The van der Waals surface area contributed by atoms with E-state index in [0.717, 1.165) is 31.2 Å². The van der Waals surface area contributed by atoms with Gasteiger partial charge >= 0.3 is 17.9 Å². The number of hydrogen-bond donors (Lipinski definition) is 2. The van der Waals surface area contributed by atoms with Crippen molar-refractivity contribution in [2.45, 2.75) is 44.6 Å². The molecule has 36 heavy (non-hydrogen) atoms. The molecule has 190 valence electrons. The molecular formula is C28H32N2O6. The molecule has 1 saturated carbocycles. The number of rotatable bonds is 9. The van der Waals surface area contributed by atoms with Crippen LogP contribution in [0.15, 0.2) is 60.7 Å². The van der Waals surface area contributed by atoms with Crippen molar-refractivity contribution in [3.05, 3.63) is 77.4 Å². The van der Waals surface area contributed by atoms with Crippen LogP contribution in [0.25, 0.3) is 6.08 Å². The van der Waals surface area contributed by atoms with Crippen LogP contribution in [0.3, 0.4) is 0 Å². The third-order valence-corrected chi connectivity index (χ3v) is 5.89. The Morgan fingerprint density at radius 1 is 0.944 bits per heavy atom. The summed E-state index contributed by atoms with van der Waals surface area (Å²) >= 11 is 0. The molecule has 1 fully saturated rings. The topological polar surface area (TPSA) is 131 Å². The molecule has 0 amide bonds. The number of carbonyl (C=O) groups excluding carboxylic acids is 3. The van der Waals surface area contributed by atoms with Crippen molar-refractivity contribution in [3.8, 4) is 0 Å². The molecule has 0 aromatic heterocycles. The number of hydrogen-bond acceptors (Lipinski definition) is 8. The van der Waals surface area contributed by atoms with Crippen LogP contribution in [-0.2, 0) is 23.8 Å². The van der Waals surface area contributed by atoms with Gasteiger partial charge in [0.25, 0.3) is 0 Å². The van der Waals surface area contributed by atoms with Gasteiger partial charge in [-0.2, -0.15) is 0 Å². The van der Waals surface area contributed by atoms with E-state index in [1.165, 1.54) is 11.6 Å². The highest BCUT2D eigenvalue weighted by atomic mass is 16.6. The zero-order valence-corrected chi connectivity index (χ0v) is 20.4. The Balaban J connectivity index is 1.42. The Morgan fingerprint density at radius 3 is 2.17 bits per heavy atom. The number of benzene rings is 2. The van der Waals surface area contributed by atoms with E-state index in [-0.39, 0.29) is 19.3 Å². The van der Waals surface area contributed by atoms with Gasteiger partial charge in [0.1, 0.15) is 19.3 Å². The van der Waals surface area contributed by atoms with E-state index in [9.17, 15) is 14.4 Å². The average Bonchev–Trinajstić information content (AvgIpc) is 2.85. The van der Waals surface area contributed by atoms with Gasteiger partial charge in [-0.15, -0.1) is 0 Å². The van der Waals surface area contributed by atoms with E-state index in [4.69, 9.17) is 25.7 Å². The van der Waals surface area contributed by atoms with Crippen LogP contribution in [0.4, 0.5) is 11.4 Å². The number of ether oxygens (including phenoxy) is 3. The molecule has 1 aliphatic carbocycles. The molecule has 2 aromatic carbocycles. The van der Waals surface area contributed by atoms with Gasteiger partial charge in [-0.3, -0.25) is 0 Å². The van der Waals surface area contributed by atoms with Crippen LogP contribution >= 0.6 is 0 Å². The van der Waals surface area contributed by atoms with Crippen molar-refractivity contribution in [2.75, 3.05) is 24.7 Å². The quantitative estimate of drug-likeness (QED) is 0.173. The summed E-state index contributed by atoms with van der Waals surface area (Å²) < 4.78 is 15.5. The first-order chi connectivity index (χ1) is 17.2. The molecule has 0 aliphatic heterocycles. The van der Waals surface area contributed by atoms with Crippen molar-refractivity contribution < 1.29 is 28.6 Å². The molecule has 0 radical (unpaired) electrons. The van der Waals surface area contributed by atoms with Gasteiger partial charge in [-0.25, -0.2) is 14.4 Å². The van der Waals surface area contributed by atoms with Crippen molar-refractivity contribution >= 4 is 35.4 Å². The first kappa shape index (κ1) is 26.5. The number of carbonyl (C=O) groups is 3. The fraction of sp³-hybridized carbons (Fsp3) is 0.321. The van der Waals surface area contributed by atoms with Crippen LogP contribution in [0, 0.1) is 0 Å². The maximum atomic E-state index is 12.4. The number of nitrogen functional groups attached to an aromatic ring is 2.